The fraction of sp³-hybridized carbons (Fsp3) is 0.231. The average Bonchev–Trinajstić information content (AvgIpc) is 2.98. The molecular formula is C26H27N3O2. The molecule has 0 aliphatic carbocycles. The Morgan fingerprint density at radius 2 is 1.45 bits per heavy atom. The summed E-state index contributed by atoms with van der Waals surface area (Å²) < 4.78 is 10.9. The topological polar surface area (TPSA) is 55.2 Å². The lowest BCUT2D eigenvalue weighted by atomic mass is 9.86. The fourth-order valence-electron chi connectivity index (χ4n) is 3.55. The van der Waals surface area contributed by atoms with E-state index < -0.39 is 0 Å². The summed E-state index contributed by atoms with van der Waals surface area (Å²) in [6.07, 6.45) is 0. The van der Waals surface area contributed by atoms with Gasteiger partial charge in [0.25, 0.3) is 0 Å². The van der Waals surface area contributed by atoms with Crippen LogP contribution in [0.25, 0.3) is 0 Å². The summed E-state index contributed by atoms with van der Waals surface area (Å²) in [7, 11) is 3.26. The van der Waals surface area contributed by atoms with Crippen LogP contribution < -0.4 is 14.9 Å². The zero-order valence-corrected chi connectivity index (χ0v) is 18.6. The number of rotatable bonds is 4. The Morgan fingerprint density at radius 1 is 0.774 bits per heavy atom. The Hall–Kier alpha value is -3.60. The molecule has 1 aliphatic rings. The molecule has 0 amide bonds. The third-order valence-corrected chi connectivity index (χ3v) is 5.35. The van der Waals surface area contributed by atoms with Gasteiger partial charge < -0.3 is 9.47 Å². The van der Waals surface area contributed by atoms with Crippen LogP contribution in [0.4, 0.5) is 5.69 Å². The molecule has 0 saturated carbocycles. The molecule has 0 unspecified atom stereocenters. The Labute approximate surface area is 183 Å². The molecule has 158 valence electrons. The number of fused-ring (bicyclic) bond motifs is 1. The van der Waals surface area contributed by atoms with Gasteiger partial charge in [0.1, 0.15) is 5.71 Å². The van der Waals surface area contributed by atoms with Crippen LogP contribution in [-0.4, -0.2) is 25.8 Å². The maximum Gasteiger partial charge on any atom is 0.161 e. The van der Waals surface area contributed by atoms with Crippen molar-refractivity contribution in [1.82, 2.24) is 5.43 Å². The normalized spacial score (nSPS) is 13.3. The number of hydrogen-bond acceptors (Lipinski definition) is 5. The molecule has 1 heterocycles. The number of hydrogen-bond donors (Lipinski definition) is 1. The van der Waals surface area contributed by atoms with Crippen molar-refractivity contribution in [3.8, 4) is 11.5 Å². The number of hydrazone groups is 1. The van der Waals surface area contributed by atoms with Crippen LogP contribution in [-0.2, 0) is 5.41 Å². The van der Waals surface area contributed by atoms with Gasteiger partial charge in [-0.05, 0) is 35.2 Å². The van der Waals surface area contributed by atoms with Crippen LogP contribution in [0.5, 0.6) is 11.5 Å². The number of nitrogens with one attached hydrogen (secondary N) is 1. The Morgan fingerprint density at radius 3 is 2.13 bits per heavy atom. The van der Waals surface area contributed by atoms with E-state index >= 15 is 0 Å². The van der Waals surface area contributed by atoms with Crippen LogP contribution in [0.3, 0.4) is 0 Å². The highest BCUT2D eigenvalue weighted by molar-refractivity contribution is 6.18. The molecule has 4 rings (SSSR count). The molecule has 0 bridgehead atoms. The van der Waals surface area contributed by atoms with E-state index in [-0.39, 0.29) is 5.41 Å². The van der Waals surface area contributed by atoms with Crippen molar-refractivity contribution in [2.75, 3.05) is 14.2 Å². The minimum atomic E-state index is 0.0998. The van der Waals surface area contributed by atoms with Crippen LogP contribution in [0.15, 0.2) is 76.8 Å². The summed E-state index contributed by atoms with van der Waals surface area (Å²) in [5.41, 5.74) is 9.06. The van der Waals surface area contributed by atoms with E-state index in [2.05, 4.69) is 50.5 Å². The van der Waals surface area contributed by atoms with Gasteiger partial charge in [0.15, 0.2) is 17.3 Å². The zero-order chi connectivity index (χ0) is 22.0. The standard InChI is InChI=1S/C26H27N3O2/c1-26(2,3)19-13-10-17(11-14-19)25-27-21-9-7-6-8-20(21)24(28-29-25)18-12-15-22(30-4)23(16-18)31-5/h6-16H,1-5H3,(H,27,29). The van der Waals surface area contributed by atoms with Gasteiger partial charge in [-0.1, -0.05) is 63.2 Å². The quantitative estimate of drug-likeness (QED) is 0.620. The summed E-state index contributed by atoms with van der Waals surface area (Å²) >= 11 is 0. The van der Waals surface area contributed by atoms with Gasteiger partial charge >= 0.3 is 0 Å². The number of para-hydroxylation sites is 1. The number of methoxy groups -OCH3 is 2. The highest BCUT2D eigenvalue weighted by Gasteiger charge is 2.19. The first kappa shape index (κ1) is 20.7. The second-order valence-corrected chi connectivity index (χ2v) is 8.45. The molecule has 0 spiro atoms. The van der Waals surface area contributed by atoms with Crippen LogP contribution in [0.2, 0.25) is 0 Å². The average molecular weight is 414 g/mol. The van der Waals surface area contributed by atoms with Crippen LogP contribution in [0.1, 0.15) is 43.0 Å². The first-order chi connectivity index (χ1) is 14.9. The lowest BCUT2D eigenvalue weighted by Gasteiger charge is -2.19. The SMILES string of the molecule is COc1ccc(C2=NNC(c3ccc(C(C)(C)C)cc3)=Nc3ccccc32)cc1OC. The van der Waals surface area contributed by atoms with Crippen molar-refractivity contribution in [1.29, 1.82) is 0 Å². The number of nitrogens with zero attached hydrogens (tertiary/aromatic N) is 2. The minimum Gasteiger partial charge on any atom is -0.493 e. The molecular weight excluding hydrogens is 386 g/mol. The fourth-order valence-corrected chi connectivity index (χ4v) is 3.55. The first-order valence-electron chi connectivity index (χ1n) is 10.3. The summed E-state index contributed by atoms with van der Waals surface area (Å²) in [6.45, 7) is 6.62. The van der Waals surface area contributed by atoms with Crippen molar-refractivity contribution >= 4 is 17.2 Å². The molecule has 0 fully saturated rings. The number of benzene rings is 3. The monoisotopic (exact) mass is 413 g/mol. The van der Waals surface area contributed by atoms with E-state index in [4.69, 9.17) is 19.6 Å². The molecule has 3 aromatic carbocycles. The number of ether oxygens (including phenoxy) is 2. The van der Waals surface area contributed by atoms with Crippen molar-refractivity contribution in [2.24, 2.45) is 10.1 Å². The largest absolute Gasteiger partial charge is 0.493 e. The maximum absolute atomic E-state index is 5.49. The second-order valence-electron chi connectivity index (χ2n) is 8.45. The number of aliphatic imine (C=N–C) groups is 1. The highest BCUT2D eigenvalue weighted by atomic mass is 16.5. The highest BCUT2D eigenvalue weighted by Crippen LogP contribution is 2.31. The molecule has 1 aliphatic heterocycles. The van der Waals surface area contributed by atoms with Crippen LogP contribution in [0, 0.1) is 0 Å². The molecule has 0 saturated heterocycles. The predicted molar refractivity (Wildman–Crippen MR) is 126 cm³/mol. The van der Waals surface area contributed by atoms with Gasteiger partial charge in [-0.25, -0.2) is 4.99 Å². The van der Waals surface area contributed by atoms with Crippen molar-refractivity contribution in [3.63, 3.8) is 0 Å². The Bertz CT molecular complexity index is 1160. The summed E-state index contributed by atoms with van der Waals surface area (Å²) in [6, 6.07) is 22.3. The van der Waals surface area contributed by atoms with Gasteiger partial charge in [-0.3, -0.25) is 5.43 Å². The smallest absolute Gasteiger partial charge is 0.161 e. The van der Waals surface area contributed by atoms with Gasteiger partial charge in [-0.2, -0.15) is 5.10 Å². The molecule has 31 heavy (non-hydrogen) atoms. The molecule has 5 nitrogen and oxygen atoms in total. The van der Waals surface area contributed by atoms with Gasteiger partial charge in [0, 0.05) is 16.7 Å². The van der Waals surface area contributed by atoms with Crippen molar-refractivity contribution in [2.45, 2.75) is 26.2 Å². The third-order valence-electron chi connectivity index (χ3n) is 5.35. The van der Waals surface area contributed by atoms with E-state index in [1.807, 2.05) is 42.5 Å². The van der Waals surface area contributed by atoms with Gasteiger partial charge in [0.2, 0.25) is 0 Å². The molecule has 5 heteroatoms. The van der Waals surface area contributed by atoms with E-state index in [1.165, 1.54) is 5.56 Å². The molecule has 0 radical (unpaired) electrons. The first-order valence-corrected chi connectivity index (χ1v) is 10.3. The summed E-state index contributed by atoms with van der Waals surface area (Å²) in [4.78, 5) is 4.89. The van der Waals surface area contributed by atoms with E-state index in [0.29, 0.717) is 17.3 Å². The van der Waals surface area contributed by atoms with Crippen LogP contribution >= 0.6 is 0 Å². The van der Waals surface area contributed by atoms with Crippen molar-refractivity contribution in [3.05, 3.63) is 89.0 Å². The lowest BCUT2D eigenvalue weighted by molar-refractivity contribution is 0.355. The lowest BCUT2D eigenvalue weighted by Crippen LogP contribution is -2.20. The summed E-state index contributed by atoms with van der Waals surface area (Å²) in [5, 5.41) is 4.73. The summed E-state index contributed by atoms with van der Waals surface area (Å²) in [5.74, 6) is 2.05. The second kappa shape index (κ2) is 8.26. The minimum absolute atomic E-state index is 0.0998. The Kier molecular flexibility index (Phi) is 5.51. The number of amidine groups is 1. The molecule has 1 N–H and O–H groups in total. The van der Waals surface area contributed by atoms with E-state index in [0.717, 1.165) is 28.1 Å². The van der Waals surface area contributed by atoms with Gasteiger partial charge in [0.05, 0.1) is 19.9 Å². The zero-order valence-electron chi connectivity index (χ0n) is 18.6. The maximum atomic E-state index is 5.49. The molecule has 0 atom stereocenters. The predicted octanol–water partition coefficient (Wildman–Crippen LogP) is 5.44. The molecule has 3 aromatic rings. The van der Waals surface area contributed by atoms with Gasteiger partial charge in [-0.15, -0.1) is 0 Å². The van der Waals surface area contributed by atoms with Crippen molar-refractivity contribution < 1.29 is 9.47 Å². The third kappa shape index (κ3) is 4.17. The van der Waals surface area contributed by atoms with E-state index in [9.17, 15) is 0 Å². The Balaban J connectivity index is 1.77. The molecule has 0 aromatic heterocycles. The van der Waals surface area contributed by atoms with E-state index in [1.54, 1.807) is 14.2 Å².